The average Bonchev–Trinajstić information content (AvgIpc) is 3.08. The fraction of sp³-hybridized carbons (Fsp3) is 0.0800. The molecule has 0 saturated carbocycles. The van der Waals surface area contributed by atoms with Crippen molar-refractivity contribution < 1.29 is 23.5 Å². The Morgan fingerprint density at radius 2 is 1.79 bits per heavy atom. The fourth-order valence-corrected chi connectivity index (χ4v) is 4.41. The Morgan fingerprint density at radius 3 is 2.48 bits per heavy atom. The number of hydrogen-bond acceptors (Lipinski definition) is 6. The first-order valence-electron chi connectivity index (χ1n) is 9.89. The summed E-state index contributed by atoms with van der Waals surface area (Å²) in [6.07, 6.45) is 1.72. The third-order valence-electron chi connectivity index (χ3n) is 4.83. The summed E-state index contributed by atoms with van der Waals surface area (Å²) in [5.41, 5.74) is 1.89. The quantitative estimate of drug-likeness (QED) is 0.203. The minimum absolute atomic E-state index is 0.167. The molecular weight excluding hydrogens is 461 g/mol. The Bertz CT molecular complexity index is 1240. The van der Waals surface area contributed by atoms with Crippen LogP contribution in [0.5, 0.6) is 11.5 Å². The maximum atomic E-state index is 13.1. The molecule has 3 aromatic carbocycles. The molecule has 0 N–H and O–H groups in total. The Kier molecular flexibility index (Phi) is 6.86. The van der Waals surface area contributed by atoms with Crippen LogP contribution in [0.2, 0.25) is 0 Å². The highest BCUT2D eigenvalue weighted by Crippen LogP contribution is 2.35. The van der Waals surface area contributed by atoms with Crippen molar-refractivity contribution in [3.8, 4) is 11.5 Å². The van der Waals surface area contributed by atoms with Crippen LogP contribution < -0.4 is 9.47 Å². The van der Waals surface area contributed by atoms with E-state index in [1.54, 1.807) is 29.2 Å². The minimum atomic E-state index is -0.636. The zero-order valence-corrected chi connectivity index (χ0v) is 19.1. The number of carbonyl (C=O) groups is 2. The van der Waals surface area contributed by atoms with Crippen LogP contribution in [0.3, 0.4) is 0 Å². The average molecular weight is 480 g/mol. The van der Waals surface area contributed by atoms with E-state index in [-0.39, 0.29) is 17.2 Å². The van der Waals surface area contributed by atoms with Gasteiger partial charge in [0.2, 0.25) is 0 Å². The van der Waals surface area contributed by atoms with Gasteiger partial charge in [0.25, 0.3) is 5.91 Å². The first-order valence-corrected chi connectivity index (χ1v) is 11.1. The smallest absolute Gasteiger partial charge is 0.343 e. The third-order valence-corrected chi connectivity index (χ3v) is 6.20. The SMILES string of the molecule is COc1cc(C=C2SC(=S)N(Cc3ccccc3)C2=O)ccc1OC(=O)c1ccc(F)cc1. The van der Waals surface area contributed by atoms with Gasteiger partial charge in [-0.05, 0) is 53.6 Å². The van der Waals surface area contributed by atoms with Crippen molar-refractivity contribution in [1.29, 1.82) is 0 Å². The van der Waals surface area contributed by atoms with E-state index in [2.05, 4.69) is 0 Å². The van der Waals surface area contributed by atoms with Gasteiger partial charge in [-0.1, -0.05) is 60.4 Å². The van der Waals surface area contributed by atoms with E-state index in [0.717, 1.165) is 5.56 Å². The van der Waals surface area contributed by atoms with Crippen LogP contribution in [0.25, 0.3) is 6.08 Å². The van der Waals surface area contributed by atoms with Gasteiger partial charge in [-0.15, -0.1) is 0 Å². The molecule has 0 aromatic heterocycles. The lowest BCUT2D eigenvalue weighted by atomic mass is 10.1. The Balaban J connectivity index is 1.51. The molecule has 33 heavy (non-hydrogen) atoms. The zero-order chi connectivity index (χ0) is 23.4. The topological polar surface area (TPSA) is 55.8 Å². The van der Waals surface area contributed by atoms with Crippen LogP contribution in [-0.4, -0.2) is 28.2 Å². The van der Waals surface area contributed by atoms with Crippen molar-refractivity contribution in [3.63, 3.8) is 0 Å². The molecule has 8 heteroatoms. The summed E-state index contributed by atoms with van der Waals surface area (Å²) in [6, 6.07) is 19.6. The second-order valence-corrected chi connectivity index (χ2v) is 8.74. The summed E-state index contributed by atoms with van der Waals surface area (Å²) >= 11 is 6.64. The van der Waals surface area contributed by atoms with Crippen molar-refractivity contribution in [2.45, 2.75) is 6.54 Å². The van der Waals surface area contributed by atoms with Crippen LogP contribution in [0.4, 0.5) is 4.39 Å². The summed E-state index contributed by atoms with van der Waals surface area (Å²) in [4.78, 5) is 27.3. The number of carbonyl (C=O) groups excluding carboxylic acids is 2. The maximum absolute atomic E-state index is 13.1. The van der Waals surface area contributed by atoms with Gasteiger partial charge in [0.1, 0.15) is 10.1 Å². The van der Waals surface area contributed by atoms with Crippen LogP contribution in [-0.2, 0) is 11.3 Å². The predicted octanol–water partition coefficient (Wildman–Crippen LogP) is 5.45. The molecule has 1 aliphatic heterocycles. The van der Waals surface area contributed by atoms with Crippen LogP contribution in [0.1, 0.15) is 21.5 Å². The molecule has 0 atom stereocenters. The van der Waals surface area contributed by atoms with Gasteiger partial charge in [-0.25, -0.2) is 9.18 Å². The second kappa shape index (κ2) is 9.97. The Labute approximate surface area is 199 Å². The minimum Gasteiger partial charge on any atom is -0.493 e. The van der Waals surface area contributed by atoms with Gasteiger partial charge in [0.15, 0.2) is 11.5 Å². The van der Waals surface area contributed by atoms with Crippen molar-refractivity contribution in [1.82, 2.24) is 4.90 Å². The summed E-state index contributed by atoms with van der Waals surface area (Å²) in [5, 5.41) is 0. The molecule has 1 saturated heterocycles. The standard InChI is InChI=1S/C25H18FNO4S2/c1-30-21-13-17(7-12-20(21)31-24(29)18-8-10-19(26)11-9-18)14-22-23(28)27(25(32)33-22)15-16-5-3-2-4-6-16/h2-14H,15H2,1H3. The highest BCUT2D eigenvalue weighted by Gasteiger charge is 2.32. The number of esters is 1. The number of thiocarbonyl (C=S) groups is 1. The normalized spacial score (nSPS) is 14.6. The number of rotatable bonds is 6. The van der Waals surface area contributed by atoms with Gasteiger partial charge >= 0.3 is 5.97 Å². The predicted molar refractivity (Wildman–Crippen MR) is 130 cm³/mol. The zero-order valence-electron chi connectivity index (χ0n) is 17.5. The van der Waals surface area contributed by atoms with Crippen LogP contribution in [0, 0.1) is 5.82 Å². The summed E-state index contributed by atoms with van der Waals surface area (Å²) in [5.74, 6) is -0.718. The fourth-order valence-electron chi connectivity index (χ4n) is 3.16. The molecule has 4 rings (SSSR count). The van der Waals surface area contributed by atoms with Crippen LogP contribution >= 0.6 is 24.0 Å². The molecule has 0 bridgehead atoms. The molecule has 0 spiro atoms. The lowest BCUT2D eigenvalue weighted by Crippen LogP contribution is -2.27. The van der Waals surface area contributed by atoms with E-state index in [1.807, 2.05) is 30.3 Å². The highest BCUT2D eigenvalue weighted by atomic mass is 32.2. The molecular formula is C25H18FNO4S2. The summed E-state index contributed by atoms with van der Waals surface area (Å²) < 4.78 is 24.3. The van der Waals surface area contributed by atoms with Gasteiger partial charge in [0, 0.05) is 0 Å². The molecule has 1 amide bonds. The molecule has 5 nitrogen and oxygen atoms in total. The molecule has 1 aliphatic rings. The van der Waals surface area contributed by atoms with E-state index in [4.69, 9.17) is 21.7 Å². The van der Waals surface area contributed by atoms with Gasteiger partial charge in [-0.2, -0.15) is 0 Å². The first-order chi connectivity index (χ1) is 15.9. The summed E-state index contributed by atoms with van der Waals surface area (Å²) in [6.45, 7) is 0.407. The van der Waals surface area contributed by atoms with Crippen molar-refractivity contribution >= 4 is 46.3 Å². The molecule has 0 radical (unpaired) electrons. The van der Waals surface area contributed by atoms with E-state index >= 15 is 0 Å². The Hall–Kier alpha value is -3.49. The number of thioether (sulfide) groups is 1. The number of halogens is 1. The van der Waals surface area contributed by atoms with Crippen molar-refractivity contribution in [2.24, 2.45) is 0 Å². The lowest BCUT2D eigenvalue weighted by Gasteiger charge is -2.14. The first kappa shape index (κ1) is 22.7. The summed E-state index contributed by atoms with van der Waals surface area (Å²) in [7, 11) is 1.45. The maximum Gasteiger partial charge on any atom is 0.343 e. The third kappa shape index (κ3) is 5.30. The number of benzene rings is 3. The van der Waals surface area contributed by atoms with Gasteiger partial charge in [0.05, 0.1) is 24.1 Å². The largest absolute Gasteiger partial charge is 0.493 e. The number of amides is 1. The molecule has 1 heterocycles. The van der Waals surface area contributed by atoms with E-state index < -0.39 is 11.8 Å². The highest BCUT2D eigenvalue weighted by molar-refractivity contribution is 8.26. The lowest BCUT2D eigenvalue weighted by molar-refractivity contribution is -0.122. The molecule has 166 valence electrons. The number of methoxy groups -OCH3 is 1. The molecule has 3 aromatic rings. The number of ether oxygens (including phenoxy) is 2. The molecule has 0 unspecified atom stereocenters. The van der Waals surface area contributed by atoms with Crippen molar-refractivity contribution in [3.05, 3.63) is 100 Å². The van der Waals surface area contributed by atoms with E-state index in [0.29, 0.717) is 27.1 Å². The van der Waals surface area contributed by atoms with E-state index in [1.165, 1.54) is 43.1 Å². The molecule has 1 fully saturated rings. The second-order valence-electron chi connectivity index (χ2n) is 7.06. The van der Waals surface area contributed by atoms with E-state index in [9.17, 15) is 14.0 Å². The number of nitrogens with zero attached hydrogens (tertiary/aromatic N) is 1. The molecule has 0 aliphatic carbocycles. The Morgan fingerprint density at radius 1 is 1.06 bits per heavy atom. The van der Waals surface area contributed by atoms with Crippen LogP contribution in [0.15, 0.2) is 77.7 Å². The monoisotopic (exact) mass is 479 g/mol. The van der Waals surface area contributed by atoms with Gasteiger partial charge in [-0.3, -0.25) is 9.69 Å². The van der Waals surface area contributed by atoms with Crippen molar-refractivity contribution in [2.75, 3.05) is 7.11 Å². The van der Waals surface area contributed by atoms with Gasteiger partial charge < -0.3 is 9.47 Å². The number of hydrogen-bond donors (Lipinski definition) is 0.